The number of hydrogen-bond acceptors (Lipinski definition) is 6. The molecule has 1 aliphatic heterocycles. The lowest BCUT2D eigenvalue weighted by Crippen LogP contribution is -2.44. The Hall–Kier alpha value is -5.37. The number of hydrogen-bond donors (Lipinski definition) is 2. The maximum Gasteiger partial charge on any atom is 0.257 e. The predicted molar refractivity (Wildman–Crippen MR) is 171 cm³/mol. The van der Waals surface area contributed by atoms with Gasteiger partial charge in [-0.1, -0.05) is 90.1 Å². The number of para-hydroxylation sites is 1. The highest BCUT2D eigenvalue weighted by Gasteiger charge is 2.53. The summed E-state index contributed by atoms with van der Waals surface area (Å²) in [6, 6.07) is 33.9. The maximum atomic E-state index is 14.4. The molecule has 2 atom stereocenters. The minimum Gasteiger partial charge on any atom is -0.494 e. The molecular formula is C35H33N5O4. The average molecular weight is 588 g/mol. The summed E-state index contributed by atoms with van der Waals surface area (Å²) in [5, 5.41) is 15.9. The molecule has 4 aromatic carbocycles. The van der Waals surface area contributed by atoms with Crippen molar-refractivity contribution in [1.82, 2.24) is 0 Å². The van der Waals surface area contributed by atoms with E-state index in [2.05, 4.69) is 15.3 Å². The van der Waals surface area contributed by atoms with Crippen LogP contribution in [0.5, 0.6) is 5.75 Å². The molecule has 2 N–H and O–H groups in total. The third kappa shape index (κ3) is 7.15. The molecule has 0 spiro atoms. The fraction of sp³-hybridized carbons (Fsp3) is 0.200. The highest BCUT2D eigenvalue weighted by molar-refractivity contribution is 6.05. The Morgan fingerprint density at radius 2 is 1.70 bits per heavy atom. The molecule has 0 bridgehead atoms. The summed E-state index contributed by atoms with van der Waals surface area (Å²) in [6.45, 7) is 0.545. The summed E-state index contributed by atoms with van der Waals surface area (Å²) >= 11 is 0. The Labute approximate surface area is 256 Å². The number of azide groups is 1. The standard InChI is InChI=1S/C35H33N5O4/c36-40-37-25-28-14-7-8-17-31(28)32-35(22-9-13-26-11-3-1-4-12-26,34(42)38-29-15-5-2-6-16-29)39-33(44-32)27-18-20-30(21-19-27)43-24-10-23-41/h1-9,11-21,32,41H,10,22-25H2,(H,38,42)/b13-9+/t32-,35-/m1/s1. The smallest absolute Gasteiger partial charge is 0.257 e. The number of aliphatic hydroxyl groups is 1. The number of benzene rings is 4. The molecular weight excluding hydrogens is 554 g/mol. The summed E-state index contributed by atoms with van der Waals surface area (Å²) < 4.78 is 12.3. The molecule has 9 nitrogen and oxygen atoms in total. The van der Waals surface area contributed by atoms with Gasteiger partial charge in [0.25, 0.3) is 5.91 Å². The van der Waals surface area contributed by atoms with E-state index in [1.807, 2.05) is 121 Å². The molecule has 0 aromatic heterocycles. The first kappa shape index (κ1) is 30.1. The van der Waals surface area contributed by atoms with Gasteiger partial charge in [-0.3, -0.25) is 4.79 Å². The lowest BCUT2D eigenvalue weighted by Gasteiger charge is -2.31. The highest BCUT2D eigenvalue weighted by Crippen LogP contribution is 2.44. The Balaban J connectivity index is 1.59. The van der Waals surface area contributed by atoms with Crippen molar-refractivity contribution in [3.8, 4) is 5.75 Å². The van der Waals surface area contributed by atoms with Crippen LogP contribution in [-0.4, -0.2) is 35.7 Å². The van der Waals surface area contributed by atoms with Crippen molar-refractivity contribution in [2.45, 2.75) is 31.0 Å². The zero-order valence-electron chi connectivity index (χ0n) is 24.1. The van der Waals surface area contributed by atoms with Crippen molar-refractivity contribution in [3.63, 3.8) is 0 Å². The molecule has 0 aliphatic carbocycles. The van der Waals surface area contributed by atoms with Crippen LogP contribution in [-0.2, 0) is 16.1 Å². The zero-order chi connectivity index (χ0) is 30.6. The third-order valence-electron chi connectivity index (χ3n) is 7.24. The second-order valence-electron chi connectivity index (χ2n) is 10.2. The summed E-state index contributed by atoms with van der Waals surface area (Å²) in [5.41, 5.74) is 11.4. The van der Waals surface area contributed by atoms with Crippen LogP contribution in [0, 0.1) is 0 Å². The largest absolute Gasteiger partial charge is 0.494 e. The minimum absolute atomic E-state index is 0.0527. The molecule has 1 heterocycles. The molecule has 1 aliphatic rings. The normalized spacial score (nSPS) is 17.4. The van der Waals surface area contributed by atoms with Crippen LogP contribution in [0.15, 0.2) is 125 Å². The third-order valence-corrected chi connectivity index (χ3v) is 7.24. The first-order chi connectivity index (χ1) is 21.6. The van der Waals surface area contributed by atoms with Gasteiger partial charge in [-0.15, -0.1) is 0 Å². The van der Waals surface area contributed by atoms with Gasteiger partial charge in [-0.25, -0.2) is 4.99 Å². The van der Waals surface area contributed by atoms with Gasteiger partial charge in [0.1, 0.15) is 5.75 Å². The number of amides is 1. The molecule has 0 unspecified atom stereocenters. The van der Waals surface area contributed by atoms with E-state index in [1.54, 1.807) is 0 Å². The van der Waals surface area contributed by atoms with Crippen molar-refractivity contribution in [2.24, 2.45) is 10.1 Å². The molecule has 4 aromatic rings. The van der Waals surface area contributed by atoms with Crippen molar-refractivity contribution >= 4 is 23.6 Å². The molecule has 5 rings (SSSR count). The van der Waals surface area contributed by atoms with Crippen LogP contribution < -0.4 is 10.1 Å². The van der Waals surface area contributed by atoms with Crippen LogP contribution in [0.25, 0.3) is 16.5 Å². The van der Waals surface area contributed by atoms with Crippen LogP contribution in [0.3, 0.4) is 0 Å². The minimum atomic E-state index is -1.40. The van der Waals surface area contributed by atoms with Gasteiger partial charge in [0.15, 0.2) is 11.6 Å². The van der Waals surface area contributed by atoms with Crippen LogP contribution >= 0.6 is 0 Å². The monoisotopic (exact) mass is 587 g/mol. The van der Waals surface area contributed by atoms with E-state index in [1.165, 1.54) is 0 Å². The Morgan fingerprint density at radius 1 is 1.00 bits per heavy atom. The topological polar surface area (TPSA) is 129 Å². The number of anilines is 1. The number of aliphatic hydroxyl groups excluding tert-OH is 1. The lowest BCUT2D eigenvalue weighted by molar-refractivity contribution is -0.123. The van der Waals surface area contributed by atoms with E-state index < -0.39 is 11.6 Å². The van der Waals surface area contributed by atoms with Crippen LogP contribution in [0.1, 0.15) is 41.2 Å². The molecule has 0 saturated carbocycles. The van der Waals surface area contributed by atoms with Crippen molar-refractivity contribution in [1.29, 1.82) is 0 Å². The maximum absolute atomic E-state index is 14.4. The summed E-state index contributed by atoms with van der Waals surface area (Å²) in [4.78, 5) is 22.4. The molecule has 0 saturated heterocycles. The molecule has 44 heavy (non-hydrogen) atoms. The Bertz CT molecular complexity index is 1650. The van der Waals surface area contributed by atoms with Gasteiger partial charge in [0, 0.05) is 35.6 Å². The second kappa shape index (κ2) is 14.7. The fourth-order valence-corrected chi connectivity index (χ4v) is 5.03. The van der Waals surface area contributed by atoms with E-state index in [4.69, 9.17) is 25.1 Å². The van der Waals surface area contributed by atoms with Gasteiger partial charge in [0.05, 0.1) is 13.2 Å². The van der Waals surface area contributed by atoms with Crippen molar-refractivity contribution < 1.29 is 19.4 Å². The van der Waals surface area contributed by atoms with Gasteiger partial charge in [-0.2, -0.15) is 0 Å². The number of carbonyl (C=O) groups excluding carboxylic acids is 1. The number of rotatable bonds is 13. The van der Waals surface area contributed by atoms with Gasteiger partial charge in [-0.05, 0) is 58.6 Å². The van der Waals surface area contributed by atoms with E-state index in [-0.39, 0.29) is 25.5 Å². The quantitative estimate of drug-likeness (QED) is 0.0738. The van der Waals surface area contributed by atoms with Crippen LogP contribution in [0.4, 0.5) is 5.69 Å². The zero-order valence-corrected chi connectivity index (χ0v) is 24.1. The number of ether oxygens (including phenoxy) is 2. The number of nitrogens with zero attached hydrogens (tertiary/aromatic N) is 4. The molecule has 222 valence electrons. The van der Waals surface area contributed by atoms with Crippen molar-refractivity contribution in [3.05, 3.63) is 148 Å². The van der Waals surface area contributed by atoms with Gasteiger partial charge in [0.2, 0.25) is 5.90 Å². The fourth-order valence-electron chi connectivity index (χ4n) is 5.03. The lowest BCUT2D eigenvalue weighted by atomic mass is 9.82. The van der Waals surface area contributed by atoms with E-state index in [0.717, 1.165) is 11.1 Å². The number of carbonyl (C=O) groups is 1. The highest BCUT2D eigenvalue weighted by atomic mass is 16.5. The molecule has 0 fully saturated rings. The SMILES string of the molecule is [N-]=[N+]=NCc1ccccc1[C@H]1OC(c2ccc(OCCCO)cc2)=N[C@@]1(C/C=C/c1ccccc1)C(=O)Nc1ccccc1. The van der Waals surface area contributed by atoms with Crippen LogP contribution in [0.2, 0.25) is 0 Å². The Kier molecular flexibility index (Phi) is 10.0. The van der Waals surface area contributed by atoms with E-state index in [9.17, 15) is 4.79 Å². The Morgan fingerprint density at radius 3 is 2.43 bits per heavy atom. The predicted octanol–water partition coefficient (Wildman–Crippen LogP) is 7.26. The first-order valence-corrected chi connectivity index (χ1v) is 14.4. The van der Waals surface area contributed by atoms with Gasteiger partial charge < -0.3 is 19.9 Å². The van der Waals surface area contributed by atoms with Crippen molar-refractivity contribution in [2.75, 3.05) is 18.5 Å². The van der Waals surface area contributed by atoms with E-state index >= 15 is 0 Å². The average Bonchev–Trinajstić information content (AvgIpc) is 3.46. The summed E-state index contributed by atoms with van der Waals surface area (Å²) in [7, 11) is 0. The van der Waals surface area contributed by atoms with Gasteiger partial charge >= 0.3 is 0 Å². The number of aliphatic imine (C=N–C) groups is 1. The second-order valence-corrected chi connectivity index (χ2v) is 10.2. The number of nitrogens with one attached hydrogen (secondary N) is 1. The summed E-state index contributed by atoms with van der Waals surface area (Å²) in [5.74, 6) is 0.631. The van der Waals surface area contributed by atoms with E-state index in [0.29, 0.717) is 41.5 Å². The molecule has 0 radical (unpaired) electrons. The first-order valence-electron chi connectivity index (χ1n) is 14.4. The molecule has 1 amide bonds. The molecule has 9 heteroatoms. The summed E-state index contributed by atoms with van der Waals surface area (Å²) in [6.07, 6.45) is 3.84.